The Hall–Kier alpha value is -2.37. The number of likely N-dealkylation sites (tertiary alicyclic amines) is 1. The Balaban J connectivity index is 1.72. The Morgan fingerprint density at radius 1 is 1.31 bits per heavy atom. The smallest absolute Gasteiger partial charge is 0.226 e. The van der Waals surface area contributed by atoms with Gasteiger partial charge in [-0.05, 0) is 24.0 Å². The predicted octanol–water partition coefficient (Wildman–Crippen LogP) is 2.88. The fourth-order valence-corrected chi connectivity index (χ4v) is 3.51. The molecule has 2 unspecified atom stereocenters. The monoisotopic (exact) mass is 356 g/mol. The van der Waals surface area contributed by atoms with Crippen LogP contribution in [0.4, 0.5) is 0 Å². The highest BCUT2D eigenvalue weighted by molar-refractivity contribution is 5.89. The molecule has 0 spiro atoms. The van der Waals surface area contributed by atoms with Crippen LogP contribution < -0.4 is 5.32 Å². The molecular formula is C20H28N4O2. The summed E-state index contributed by atoms with van der Waals surface area (Å²) in [7, 11) is 0. The molecule has 2 heterocycles. The van der Waals surface area contributed by atoms with Crippen molar-refractivity contribution in [2.45, 2.75) is 40.2 Å². The molecule has 1 aromatic heterocycles. The third-order valence-corrected chi connectivity index (χ3v) is 4.84. The number of aromatic amines is 1. The highest BCUT2D eigenvalue weighted by Gasteiger charge is 2.36. The van der Waals surface area contributed by atoms with Crippen molar-refractivity contribution in [2.24, 2.45) is 17.8 Å². The summed E-state index contributed by atoms with van der Waals surface area (Å²) in [5.74, 6) is 1.07. The first-order valence-electron chi connectivity index (χ1n) is 9.38. The second kappa shape index (κ2) is 7.48. The normalized spacial score (nSPS) is 18.9. The standard InChI is InChI=1S/C20H28N4O2/c1-12(2)10-24-11-14(9-17(24)25)20(26)23-18(13(3)4)19-21-15-7-5-6-8-16(15)22-19/h5-8,12-14,18H,9-11H2,1-4H3,(H,21,22)(H,23,26). The first kappa shape index (κ1) is 18.4. The SMILES string of the molecule is CC(C)CN1CC(C(=O)NC(c2nc3ccccc3[nH]2)C(C)C)CC1=O. The predicted molar refractivity (Wildman–Crippen MR) is 101 cm³/mol. The fourth-order valence-electron chi connectivity index (χ4n) is 3.51. The molecule has 1 saturated heterocycles. The Morgan fingerprint density at radius 2 is 2.04 bits per heavy atom. The largest absolute Gasteiger partial charge is 0.346 e. The van der Waals surface area contributed by atoms with Crippen LogP contribution in [0.1, 0.15) is 46.0 Å². The van der Waals surface area contributed by atoms with Gasteiger partial charge in [0.05, 0.1) is 23.0 Å². The molecule has 6 heteroatoms. The minimum Gasteiger partial charge on any atom is -0.346 e. The average Bonchev–Trinajstić information content (AvgIpc) is 3.15. The van der Waals surface area contributed by atoms with Crippen LogP contribution in [-0.2, 0) is 9.59 Å². The summed E-state index contributed by atoms with van der Waals surface area (Å²) < 4.78 is 0. The highest BCUT2D eigenvalue weighted by Crippen LogP contribution is 2.25. The zero-order chi connectivity index (χ0) is 18.8. The van der Waals surface area contributed by atoms with E-state index in [1.165, 1.54) is 0 Å². The number of hydrogen-bond acceptors (Lipinski definition) is 3. The summed E-state index contributed by atoms with van der Waals surface area (Å²) in [4.78, 5) is 34.7. The zero-order valence-electron chi connectivity index (χ0n) is 16.0. The fraction of sp³-hybridized carbons (Fsp3) is 0.550. The van der Waals surface area contributed by atoms with E-state index < -0.39 is 0 Å². The maximum Gasteiger partial charge on any atom is 0.226 e. The summed E-state index contributed by atoms with van der Waals surface area (Å²) in [6.45, 7) is 9.49. The Kier molecular flexibility index (Phi) is 5.30. The van der Waals surface area contributed by atoms with E-state index in [1.807, 2.05) is 24.3 Å². The van der Waals surface area contributed by atoms with Gasteiger partial charge in [-0.15, -0.1) is 0 Å². The van der Waals surface area contributed by atoms with Crippen LogP contribution in [0, 0.1) is 17.8 Å². The van der Waals surface area contributed by atoms with E-state index in [9.17, 15) is 9.59 Å². The lowest BCUT2D eigenvalue weighted by atomic mass is 10.0. The van der Waals surface area contributed by atoms with Crippen LogP contribution in [0.5, 0.6) is 0 Å². The van der Waals surface area contributed by atoms with Crippen molar-refractivity contribution in [3.05, 3.63) is 30.1 Å². The second-order valence-electron chi connectivity index (χ2n) is 7.96. The van der Waals surface area contributed by atoms with Crippen LogP contribution in [0.3, 0.4) is 0 Å². The molecule has 2 N–H and O–H groups in total. The molecule has 0 radical (unpaired) electrons. The number of imidazole rings is 1. The summed E-state index contributed by atoms with van der Waals surface area (Å²) in [6, 6.07) is 7.63. The van der Waals surface area contributed by atoms with Crippen LogP contribution in [0.2, 0.25) is 0 Å². The molecule has 26 heavy (non-hydrogen) atoms. The molecule has 6 nitrogen and oxygen atoms in total. The van der Waals surface area contributed by atoms with Crippen molar-refractivity contribution in [3.8, 4) is 0 Å². The number of fused-ring (bicyclic) bond motifs is 1. The van der Waals surface area contributed by atoms with Crippen molar-refractivity contribution in [3.63, 3.8) is 0 Å². The van der Waals surface area contributed by atoms with Crippen LogP contribution in [0.25, 0.3) is 11.0 Å². The molecule has 140 valence electrons. The summed E-state index contributed by atoms with van der Waals surface area (Å²) in [5.41, 5.74) is 1.85. The van der Waals surface area contributed by atoms with Gasteiger partial charge in [0.1, 0.15) is 5.82 Å². The van der Waals surface area contributed by atoms with Gasteiger partial charge in [0.15, 0.2) is 0 Å². The van der Waals surface area contributed by atoms with Gasteiger partial charge in [0.2, 0.25) is 11.8 Å². The van der Waals surface area contributed by atoms with E-state index in [0.717, 1.165) is 16.9 Å². The Bertz CT molecular complexity index is 763. The maximum absolute atomic E-state index is 12.8. The van der Waals surface area contributed by atoms with E-state index in [4.69, 9.17) is 0 Å². The van der Waals surface area contributed by atoms with Gasteiger partial charge >= 0.3 is 0 Å². The molecule has 1 aliphatic heterocycles. The number of hydrogen-bond donors (Lipinski definition) is 2. The summed E-state index contributed by atoms with van der Waals surface area (Å²) >= 11 is 0. The summed E-state index contributed by atoms with van der Waals surface area (Å²) in [6.07, 6.45) is 0.295. The second-order valence-corrected chi connectivity index (χ2v) is 7.96. The average molecular weight is 356 g/mol. The molecule has 2 aromatic rings. The third kappa shape index (κ3) is 3.89. The Labute approximate surface area is 154 Å². The molecule has 1 aromatic carbocycles. The number of aromatic nitrogens is 2. The number of benzene rings is 1. The number of rotatable bonds is 6. The van der Waals surface area contributed by atoms with Crippen molar-refractivity contribution in [1.82, 2.24) is 20.2 Å². The number of carbonyl (C=O) groups is 2. The number of nitrogens with zero attached hydrogens (tertiary/aromatic N) is 2. The van der Waals surface area contributed by atoms with Crippen LogP contribution in [0.15, 0.2) is 24.3 Å². The number of carbonyl (C=O) groups excluding carboxylic acids is 2. The molecule has 1 aliphatic rings. The van der Waals surface area contributed by atoms with E-state index in [0.29, 0.717) is 25.4 Å². The van der Waals surface area contributed by atoms with Crippen molar-refractivity contribution in [2.75, 3.05) is 13.1 Å². The number of para-hydroxylation sites is 2. The maximum atomic E-state index is 12.8. The number of nitrogens with one attached hydrogen (secondary N) is 2. The topological polar surface area (TPSA) is 78.1 Å². The number of H-pyrrole nitrogens is 1. The molecule has 0 bridgehead atoms. The Morgan fingerprint density at radius 3 is 2.69 bits per heavy atom. The highest BCUT2D eigenvalue weighted by atomic mass is 16.2. The first-order chi connectivity index (χ1) is 12.3. The lowest BCUT2D eigenvalue weighted by molar-refractivity contribution is -0.129. The van der Waals surface area contributed by atoms with Crippen molar-refractivity contribution >= 4 is 22.8 Å². The molecular weight excluding hydrogens is 328 g/mol. The van der Waals surface area contributed by atoms with E-state index in [2.05, 4.69) is 43.0 Å². The zero-order valence-corrected chi connectivity index (χ0v) is 16.0. The van der Waals surface area contributed by atoms with Crippen LogP contribution >= 0.6 is 0 Å². The molecule has 2 atom stereocenters. The molecule has 2 amide bonds. The summed E-state index contributed by atoms with van der Waals surface area (Å²) in [5, 5.41) is 3.12. The lowest BCUT2D eigenvalue weighted by Gasteiger charge is -2.23. The number of amides is 2. The third-order valence-electron chi connectivity index (χ3n) is 4.84. The minimum absolute atomic E-state index is 0.0660. The quantitative estimate of drug-likeness (QED) is 0.835. The molecule has 3 rings (SSSR count). The van der Waals surface area contributed by atoms with E-state index in [-0.39, 0.29) is 29.7 Å². The lowest BCUT2D eigenvalue weighted by Crippen LogP contribution is -2.38. The minimum atomic E-state index is -0.285. The van der Waals surface area contributed by atoms with Gasteiger partial charge in [-0.25, -0.2) is 4.98 Å². The molecule has 0 saturated carbocycles. The van der Waals surface area contributed by atoms with Gasteiger partial charge in [-0.2, -0.15) is 0 Å². The van der Waals surface area contributed by atoms with Crippen molar-refractivity contribution in [1.29, 1.82) is 0 Å². The van der Waals surface area contributed by atoms with Gasteiger partial charge in [0.25, 0.3) is 0 Å². The van der Waals surface area contributed by atoms with Gasteiger partial charge in [0, 0.05) is 19.5 Å². The van der Waals surface area contributed by atoms with Crippen LogP contribution in [-0.4, -0.2) is 39.8 Å². The first-order valence-corrected chi connectivity index (χ1v) is 9.38. The van der Waals surface area contributed by atoms with Gasteiger partial charge in [-0.3, -0.25) is 9.59 Å². The van der Waals surface area contributed by atoms with Crippen molar-refractivity contribution < 1.29 is 9.59 Å². The van der Waals surface area contributed by atoms with Gasteiger partial charge in [-0.1, -0.05) is 39.8 Å². The van der Waals surface area contributed by atoms with E-state index >= 15 is 0 Å². The molecule has 1 fully saturated rings. The van der Waals surface area contributed by atoms with E-state index in [1.54, 1.807) is 4.90 Å². The molecule has 0 aliphatic carbocycles. The van der Waals surface area contributed by atoms with Gasteiger partial charge < -0.3 is 15.2 Å².